The fourth-order valence-corrected chi connectivity index (χ4v) is 4.29. The molecule has 1 aromatic carbocycles. The number of amides is 1. The van der Waals surface area contributed by atoms with Gasteiger partial charge in [-0.05, 0) is 29.9 Å². The second-order valence-corrected chi connectivity index (χ2v) is 6.25. The molecule has 0 spiro atoms. The SMILES string of the molecule is CC[C@@H]1Cc2c([nH]c3ccccc23)C2C1CC(=O)N2C. The molecule has 1 aliphatic heterocycles. The molecule has 1 fully saturated rings. The lowest BCUT2D eigenvalue weighted by Gasteiger charge is -2.35. The van der Waals surface area contributed by atoms with E-state index in [-0.39, 0.29) is 6.04 Å². The summed E-state index contributed by atoms with van der Waals surface area (Å²) in [5, 5.41) is 1.34. The van der Waals surface area contributed by atoms with E-state index in [1.54, 1.807) is 0 Å². The van der Waals surface area contributed by atoms with Gasteiger partial charge in [0, 0.05) is 30.1 Å². The van der Waals surface area contributed by atoms with E-state index >= 15 is 0 Å². The second kappa shape index (κ2) is 4.11. The quantitative estimate of drug-likeness (QED) is 0.846. The second-order valence-electron chi connectivity index (χ2n) is 6.25. The molecule has 3 heteroatoms. The topological polar surface area (TPSA) is 36.1 Å². The Kier molecular flexibility index (Phi) is 2.47. The highest BCUT2D eigenvalue weighted by atomic mass is 16.2. The largest absolute Gasteiger partial charge is 0.356 e. The average molecular weight is 268 g/mol. The molecule has 3 atom stereocenters. The summed E-state index contributed by atoms with van der Waals surface area (Å²) in [6.07, 6.45) is 2.98. The van der Waals surface area contributed by atoms with Crippen molar-refractivity contribution in [2.24, 2.45) is 11.8 Å². The van der Waals surface area contributed by atoms with Crippen molar-refractivity contribution in [3.05, 3.63) is 35.5 Å². The first-order valence-corrected chi connectivity index (χ1v) is 7.55. The summed E-state index contributed by atoms with van der Waals surface area (Å²) in [5.74, 6) is 1.41. The molecule has 1 aliphatic carbocycles. The molecule has 4 rings (SSSR count). The molecule has 2 heterocycles. The van der Waals surface area contributed by atoms with Crippen LogP contribution >= 0.6 is 0 Å². The number of nitrogens with zero attached hydrogens (tertiary/aromatic N) is 1. The summed E-state index contributed by atoms with van der Waals surface area (Å²) in [5.41, 5.74) is 3.94. The standard InChI is InChI=1S/C17H20N2O/c1-3-10-8-13-11-6-4-5-7-14(11)18-16(13)17-12(10)9-15(20)19(17)2/h4-7,10,12,17-18H,3,8-9H2,1-2H3/t10-,12?,17?/m1/s1. The molecule has 2 unspecified atom stereocenters. The third-order valence-electron chi connectivity index (χ3n) is 5.37. The minimum absolute atomic E-state index is 0.253. The Hall–Kier alpha value is -1.77. The van der Waals surface area contributed by atoms with Crippen LogP contribution in [0.5, 0.6) is 0 Å². The van der Waals surface area contributed by atoms with Gasteiger partial charge in [-0.1, -0.05) is 31.5 Å². The summed E-state index contributed by atoms with van der Waals surface area (Å²) in [7, 11) is 1.96. The molecule has 2 aliphatic rings. The molecule has 1 N–H and O–H groups in total. The number of benzene rings is 1. The van der Waals surface area contributed by atoms with Crippen molar-refractivity contribution in [1.82, 2.24) is 9.88 Å². The number of para-hydroxylation sites is 1. The van der Waals surface area contributed by atoms with Crippen molar-refractivity contribution < 1.29 is 4.79 Å². The van der Waals surface area contributed by atoms with E-state index in [2.05, 4.69) is 36.2 Å². The number of nitrogens with one attached hydrogen (secondary N) is 1. The lowest BCUT2D eigenvalue weighted by atomic mass is 9.73. The van der Waals surface area contributed by atoms with Crippen LogP contribution in [0.1, 0.15) is 37.1 Å². The van der Waals surface area contributed by atoms with E-state index in [0.29, 0.717) is 24.2 Å². The van der Waals surface area contributed by atoms with Gasteiger partial charge in [0.25, 0.3) is 0 Å². The van der Waals surface area contributed by atoms with E-state index in [0.717, 1.165) is 12.8 Å². The van der Waals surface area contributed by atoms with Gasteiger partial charge in [-0.25, -0.2) is 0 Å². The number of aromatic amines is 1. The molecule has 1 saturated heterocycles. The molecular formula is C17H20N2O. The minimum atomic E-state index is 0.253. The number of carbonyl (C=O) groups is 1. The maximum absolute atomic E-state index is 12.1. The normalized spacial score (nSPS) is 28.8. The van der Waals surface area contributed by atoms with Crippen molar-refractivity contribution in [2.75, 3.05) is 7.05 Å². The fourth-order valence-electron chi connectivity index (χ4n) is 4.29. The van der Waals surface area contributed by atoms with E-state index < -0.39 is 0 Å². The lowest BCUT2D eigenvalue weighted by Crippen LogP contribution is -2.32. The third kappa shape index (κ3) is 1.43. The van der Waals surface area contributed by atoms with E-state index in [1.165, 1.54) is 22.2 Å². The van der Waals surface area contributed by atoms with E-state index in [4.69, 9.17) is 0 Å². The maximum Gasteiger partial charge on any atom is 0.223 e. The van der Waals surface area contributed by atoms with Gasteiger partial charge in [0.2, 0.25) is 5.91 Å². The van der Waals surface area contributed by atoms with E-state index in [1.807, 2.05) is 11.9 Å². The molecular weight excluding hydrogens is 248 g/mol. The van der Waals surface area contributed by atoms with Gasteiger partial charge in [0.15, 0.2) is 0 Å². The molecule has 0 radical (unpaired) electrons. The predicted molar refractivity (Wildman–Crippen MR) is 79.4 cm³/mol. The number of likely N-dealkylation sites (tertiary alicyclic amines) is 1. The van der Waals surface area contributed by atoms with Gasteiger partial charge in [0.05, 0.1) is 6.04 Å². The molecule has 3 nitrogen and oxygen atoms in total. The maximum atomic E-state index is 12.1. The van der Waals surface area contributed by atoms with Gasteiger partial charge < -0.3 is 9.88 Å². The smallest absolute Gasteiger partial charge is 0.223 e. The summed E-state index contributed by atoms with van der Waals surface area (Å²) >= 11 is 0. The van der Waals surface area contributed by atoms with Crippen molar-refractivity contribution in [1.29, 1.82) is 0 Å². The highest BCUT2D eigenvalue weighted by Gasteiger charge is 2.46. The Morgan fingerprint density at radius 1 is 1.30 bits per heavy atom. The number of fused-ring (bicyclic) bond motifs is 5. The monoisotopic (exact) mass is 268 g/mol. The van der Waals surface area contributed by atoms with Crippen molar-refractivity contribution in [3.63, 3.8) is 0 Å². The Morgan fingerprint density at radius 3 is 2.90 bits per heavy atom. The molecule has 0 saturated carbocycles. The fraction of sp³-hybridized carbons (Fsp3) is 0.471. The van der Waals surface area contributed by atoms with Crippen LogP contribution < -0.4 is 0 Å². The lowest BCUT2D eigenvalue weighted by molar-refractivity contribution is -0.127. The van der Waals surface area contributed by atoms with Crippen molar-refractivity contribution >= 4 is 16.8 Å². The highest BCUT2D eigenvalue weighted by molar-refractivity contribution is 5.86. The average Bonchev–Trinajstić information content (AvgIpc) is 2.97. The molecule has 1 amide bonds. The zero-order chi connectivity index (χ0) is 13.9. The number of aromatic nitrogens is 1. The number of H-pyrrole nitrogens is 1. The Morgan fingerprint density at radius 2 is 2.10 bits per heavy atom. The summed E-state index contributed by atoms with van der Waals surface area (Å²) < 4.78 is 0. The van der Waals surface area contributed by atoms with Crippen LogP contribution in [0, 0.1) is 11.8 Å². The number of hydrogen-bond donors (Lipinski definition) is 1. The predicted octanol–water partition coefficient (Wildman–Crippen LogP) is 3.27. The van der Waals surface area contributed by atoms with Crippen molar-refractivity contribution in [3.8, 4) is 0 Å². The van der Waals surface area contributed by atoms with Crippen LogP contribution in [0.25, 0.3) is 10.9 Å². The first-order valence-electron chi connectivity index (χ1n) is 7.55. The number of hydrogen-bond acceptors (Lipinski definition) is 1. The van der Waals surface area contributed by atoms with Gasteiger partial charge in [0.1, 0.15) is 0 Å². The summed E-state index contributed by atoms with van der Waals surface area (Å²) in [6, 6.07) is 8.77. The van der Waals surface area contributed by atoms with Gasteiger partial charge in [-0.3, -0.25) is 4.79 Å². The zero-order valence-corrected chi connectivity index (χ0v) is 12.0. The zero-order valence-electron chi connectivity index (χ0n) is 12.0. The van der Waals surface area contributed by atoms with Gasteiger partial charge in [-0.2, -0.15) is 0 Å². The molecule has 104 valence electrons. The van der Waals surface area contributed by atoms with Crippen LogP contribution in [0.4, 0.5) is 0 Å². The van der Waals surface area contributed by atoms with E-state index in [9.17, 15) is 4.79 Å². The first kappa shape index (κ1) is 12.0. The molecule has 20 heavy (non-hydrogen) atoms. The third-order valence-corrected chi connectivity index (χ3v) is 5.37. The van der Waals surface area contributed by atoms with Crippen LogP contribution in [0.3, 0.4) is 0 Å². The Labute approximate surface area is 119 Å². The van der Waals surface area contributed by atoms with Gasteiger partial charge >= 0.3 is 0 Å². The Balaban J connectivity index is 1.94. The summed E-state index contributed by atoms with van der Waals surface area (Å²) in [6.45, 7) is 2.25. The van der Waals surface area contributed by atoms with Crippen molar-refractivity contribution in [2.45, 2.75) is 32.2 Å². The molecule has 2 aromatic rings. The molecule has 0 bridgehead atoms. The Bertz CT molecular complexity index is 687. The molecule has 1 aromatic heterocycles. The first-order chi connectivity index (χ1) is 9.70. The summed E-state index contributed by atoms with van der Waals surface area (Å²) in [4.78, 5) is 17.7. The number of rotatable bonds is 1. The highest BCUT2D eigenvalue weighted by Crippen LogP contribution is 2.49. The minimum Gasteiger partial charge on any atom is -0.356 e. The van der Waals surface area contributed by atoms with Crippen LogP contribution in [-0.2, 0) is 11.2 Å². The van der Waals surface area contributed by atoms with Gasteiger partial charge in [-0.15, -0.1) is 0 Å². The van der Waals surface area contributed by atoms with Crippen LogP contribution in [0.15, 0.2) is 24.3 Å². The number of carbonyl (C=O) groups excluding carboxylic acids is 1. The van der Waals surface area contributed by atoms with Crippen LogP contribution in [-0.4, -0.2) is 22.8 Å². The van der Waals surface area contributed by atoms with Crippen LogP contribution in [0.2, 0.25) is 0 Å².